The third kappa shape index (κ3) is 4.70. The molecule has 0 spiro atoms. The van der Waals surface area contributed by atoms with E-state index in [4.69, 9.17) is 9.47 Å². The highest BCUT2D eigenvalue weighted by Crippen LogP contribution is 2.44. The third-order valence-electron chi connectivity index (χ3n) is 6.57. The first-order valence-corrected chi connectivity index (χ1v) is 12.0. The van der Waals surface area contributed by atoms with E-state index in [-0.39, 0.29) is 28.4 Å². The van der Waals surface area contributed by atoms with Crippen LogP contribution in [0.1, 0.15) is 31.0 Å². The zero-order chi connectivity index (χ0) is 26.7. The fourth-order valence-electron chi connectivity index (χ4n) is 4.62. The molecule has 0 aromatic heterocycles. The Morgan fingerprint density at radius 3 is 2.14 bits per heavy atom. The number of benzene rings is 3. The largest absolute Gasteiger partial charge is 0.508 e. The molecule has 192 valence electrons. The number of hydrogen-bond donors (Lipinski definition) is 2. The number of aromatic hydroxyl groups is 1. The van der Waals surface area contributed by atoms with E-state index in [0.717, 1.165) is 18.8 Å². The summed E-state index contributed by atoms with van der Waals surface area (Å²) in [4.78, 5) is 30.4. The normalized spacial score (nSPS) is 16.6. The van der Waals surface area contributed by atoms with Crippen molar-refractivity contribution in [2.75, 3.05) is 37.1 Å². The number of aliphatic hydroxyl groups is 1. The van der Waals surface area contributed by atoms with Gasteiger partial charge in [-0.05, 0) is 67.9 Å². The van der Waals surface area contributed by atoms with Crippen molar-refractivity contribution in [1.82, 2.24) is 0 Å². The molecule has 1 fully saturated rings. The summed E-state index contributed by atoms with van der Waals surface area (Å²) in [6.07, 6.45) is 0. The van der Waals surface area contributed by atoms with Gasteiger partial charge in [0.2, 0.25) is 0 Å². The van der Waals surface area contributed by atoms with Crippen molar-refractivity contribution in [2.24, 2.45) is 0 Å². The molecular weight excluding hydrogens is 472 g/mol. The van der Waals surface area contributed by atoms with Crippen LogP contribution >= 0.6 is 0 Å². The molecule has 1 saturated heterocycles. The molecule has 3 aromatic rings. The summed E-state index contributed by atoms with van der Waals surface area (Å²) in [6, 6.07) is 17.5. The van der Waals surface area contributed by atoms with Crippen LogP contribution in [0.4, 0.5) is 11.4 Å². The standard InChI is InChI=1S/C29H30N2O6/c1-5-30(6-2)19-9-11-20(12-10-19)31-26(18-7-13-21(32)14-8-18)25(28(34)29(31)35)27(33)23-16-15-22(36-3)17-24(23)37-4/h7-17,26,32-33H,5-6H2,1-4H3/b27-25-. The second kappa shape index (κ2) is 10.7. The van der Waals surface area contributed by atoms with Crippen LogP contribution in [0.25, 0.3) is 5.76 Å². The van der Waals surface area contributed by atoms with Crippen molar-refractivity contribution in [3.63, 3.8) is 0 Å². The smallest absolute Gasteiger partial charge is 0.300 e. The lowest BCUT2D eigenvalue weighted by Gasteiger charge is -2.27. The second-order valence-electron chi connectivity index (χ2n) is 8.52. The van der Waals surface area contributed by atoms with E-state index in [1.54, 1.807) is 42.5 Å². The minimum Gasteiger partial charge on any atom is -0.508 e. The SMILES string of the molecule is CCN(CC)c1ccc(N2C(=O)C(=O)/C(=C(\O)c3ccc(OC)cc3OC)C2c2ccc(O)cc2)cc1. The molecule has 0 saturated carbocycles. The van der Waals surface area contributed by atoms with Gasteiger partial charge in [0.25, 0.3) is 11.7 Å². The van der Waals surface area contributed by atoms with Gasteiger partial charge in [-0.2, -0.15) is 0 Å². The molecule has 0 radical (unpaired) electrons. The van der Waals surface area contributed by atoms with Gasteiger partial charge in [-0.3, -0.25) is 14.5 Å². The quantitative estimate of drug-likeness (QED) is 0.257. The number of phenolic OH excluding ortho intramolecular Hbond substituents is 1. The summed E-state index contributed by atoms with van der Waals surface area (Å²) in [5, 5.41) is 21.3. The maximum Gasteiger partial charge on any atom is 0.300 e. The van der Waals surface area contributed by atoms with Crippen LogP contribution in [-0.2, 0) is 9.59 Å². The molecule has 1 aliphatic rings. The molecule has 1 heterocycles. The van der Waals surface area contributed by atoms with E-state index >= 15 is 0 Å². The number of ether oxygens (including phenoxy) is 2. The monoisotopic (exact) mass is 502 g/mol. The molecule has 1 atom stereocenters. The van der Waals surface area contributed by atoms with E-state index in [9.17, 15) is 19.8 Å². The lowest BCUT2D eigenvalue weighted by molar-refractivity contribution is -0.132. The van der Waals surface area contributed by atoms with Crippen LogP contribution < -0.4 is 19.3 Å². The van der Waals surface area contributed by atoms with Gasteiger partial charge in [-0.1, -0.05) is 12.1 Å². The summed E-state index contributed by atoms with van der Waals surface area (Å²) in [5.41, 5.74) is 2.24. The Morgan fingerprint density at radius 1 is 0.919 bits per heavy atom. The van der Waals surface area contributed by atoms with Crippen LogP contribution in [0.3, 0.4) is 0 Å². The highest BCUT2D eigenvalue weighted by Gasteiger charge is 2.47. The number of ketones is 1. The first-order chi connectivity index (χ1) is 17.8. The summed E-state index contributed by atoms with van der Waals surface area (Å²) in [5.74, 6) is -1.10. The van der Waals surface area contributed by atoms with Crippen LogP contribution in [0.15, 0.2) is 72.3 Å². The van der Waals surface area contributed by atoms with Gasteiger partial charge in [0.15, 0.2) is 0 Å². The first-order valence-electron chi connectivity index (χ1n) is 12.0. The Bertz CT molecular complexity index is 1330. The Balaban J connectivity index is 1.89. The Hall–Kier alpha value is -4.46. The number of nitrogens with zero attached hydrogens (tertiary/aromatic N) is 2. The molecular formula is C29H30N2O6. The lowest BCUT2D eigenvalue weighted by Crippen LogP contribution is -2.29. The number of Topliss-reactive ketones (excluding diaryl/α,β-unsaturated/α-hetero) is 1. The van der Waals surface area contributed by atoms with Crippen molar-refractivity contribution in [3.05, 3.63) is 83.4 Å². The fourth-order valence-corrected chi connectivity index (χ4v) is 4.62. The van der Waals surface area contributed by atoms with Crippen molar-refractivity contribution in [1.29, 1.82) is 0 Å². The number of rotatable bonds is 8. The number of methoxy groups -OCH3 is 2. The van der Waals surface area contributed by atoms with Gasteiger partial charge in [0, 0.05) is 30.5 Å². The Morgan fingerprint density at radius 2 is 1.57 bits per heavy atom. The van der Waals surface area contributed by atoms with Crippen LogP contribution in [0, 0.1) is 0 Å². The van der Waals surface area contributed by atoms with Crippen molar-refractivity contribution in [2.45, 2.75) is 19.9 Å². The first kappa shape index (κ1) is 25.6. The number of anilines is 2. The number of carbonyl (C=O) groups is 2. The molecule has 37 heavy (non-hydrogen) atoms. The predicted octanol–water partition coefficient (Wildman–Crippen LogP) is 4.88. The van der Waals surface area contributed by atoms with Gasteiger partial charge >= 0.3 is 0 Å². The van der Waals surface area contributed by atoms with Gasteiger partial charge in [-0.25, -0.2) is 0 Å². The molecule has 1 aliphatic heterocycles. The summed E-state index contributed by atoms with van der Waals surface area (Å²) in [6.45, 7) is 5.79. The van der Waals surface area contributed by atoms with E-state index in [0.29, 0.717) is 17.0 Å². The van der Waals surface area contributed by atoms with Gasteiger partial charge < -0.3 is 24.6 Å². The molecule has 8 heteroatoms. The van der Waals surface area contributed by atoms with E-state index in [2.05, 4.69) is 18.7 Å². The summed E-state index contributed by atoms with van der Waals surface area (Å²) in [7, 11) is 2.95. The van der Waals surface area contributed by atoms with Crippen molar-refractivity contribution < 1.29 is 29.3 Å². The topological polar surface area (TPSA) is 99.5 Å². The van der Waals surface area contributed by atoms with Gasteiger partial charge in [-0.15, -0.1) is 0 Å². The highest BCUT2D eigenvalue weighted by atomic mass is 16.5. The number of aliphatic hydroxyl groups excluding tert-OH is 1. The zero-order valence-electron chi connectivity index (χ0n) is 21.3. The molecule has 0 bridgehead atoms. The summed E-state index contributed by atoms with van der Waals surface area (Å²) >= 11 is 0. The Kier molecular flexibility index (Phi) is 7.38. The number of carbonyl (C=O) groups excluding carboxylic acids is 2. The average Bonchev–Trinajstić information content (AvgIpc) is 3.19. The second-order valence-corrected chi connectivity index (χ2v) is 8.52. The molecule has 0 aliphatic carbocycles. The van der Waals surface area contributed by atoms with Crippen LogP contribution in [-0.4, -0.2) is 49.2 Å². The molecule has 3 aromatic carbocycles. The predicted molar refractivity (Wildman–Crippen MR) is 142 cm³/mol. The molecule has 8 nitrogen and oxygen atoms in total. The lowest BCUT2D eigenvalue weighted by atomic mass is 9.94. The minimum absolute atomic E-state index is 0.0427. The fraction of sp³-hybridized carbons (Fsp3) is 0.241. The average molecular weight is 503 g/mol. The van der Waals surface area contributed by atoms with Crippen molar-refractivity contribution >= 4 is 28.8 Å². The minimum atomic E-state index is -0.924. The summed E-state index contributed by atoms with van der Waals surface area (Å²) < 4.78 is 10.7. The molecule has 2 N–H and O–H groups in total. The van der Waals surface area contributed by atoms with Crippen LogP contribution in [0.5, 0.6) is 17.2 Å². The van der Waals surface area contributed by atoms with Gasteiger partial charge in [0.05, 0.1) is 31.4 Å². The third-order valence-corrected chi connectivity index (χ3v) is 6.57. The highest BCUT2D eigenvalue weighted by molar-refractivity contribution is 6.51. The number of hydrogen-bond acceptors (Lipinski definition) is 7. The maximum absolute atomic E-state index is 13.4. The maximum atomic E-state index is 13.4. The Labute approximate surface area is 216 Å². The number of phenols is 1. The molecule has 1 amide bonds. The zero-order valence-corrected chi connectivity index (χ0v) is 21.3. The van der Waals surface area contributed by atoms with E-state index in [1.807, 2.05) is 12.1 Å². The molecule has 4 rings (SSSR count). The number of amides is 1. The van der Waals surface area contributed by atoms with E-state index in [1.165, 1.54) is 31.3 Å². The van der Waals surface area contributed by atoms with Crippen LogP contribution in [0.2, 0.25) is 0 Å². The van der Waals surface area contributed by atoms with Gasteiger partial charge in [0.1, 0.15) is 23.0 Å². The van der Waals surface area contributed by atoms with Crippen molar-refractivity contribution in [3.8, 4) is 17.2 Å². The molecule has 1 unspecified atom stereocenters. The van der Waals surface area contributed by atoms with E-state index < -0.39 is 17.7 Å².